The van der Waals surface area contributed by atoms with Crippen molar-refractivity contribution in [3.05, 3.63) is 67.6 Å². The molecule has 0 aliphatic heterocycles. The van der Waals surface area contributed by atoms with Crippen LogP contribution in [0.25, 0.3) is 0 Å². The molecule has 0 fully saturated rings. The summed E-state index contributed by atoms with van der Waals surface area (Å²) in [5.41, 5.74) is 3.83. The average Bonchev–Trinajstić information content (AvgIpc) is 2.47. The number of nitrogens with two attached hydrogens (primary N) is 1. The SMILES string of the molecule is NNC(Cc1cccc(Cl)c1Cl)c1ccc(F)c(F)c1Br. The van der Waals surface area contributed by atoms with E-state index < -0.39 is 17.7 Å². The zero-order valence-electron chi connectivity index (χ0n) is 10.6. The molecule has 2 aromatic rings. The molecule has 0 aromatic heterocycles. The summed E-state index contributed by atoms with van der Waals surface area (Å²) >= 11 is 15.1. The largest absolute Gasteiger partial charge is 0.271 e. The lowest BCUT2D eigenvalue weighted by atomic mass is 9.99. The first kappa shape index (κ1) is 16.6. The molecule has 2 rings (SSSR count). The second-order valence-electron chi connectivity index (χ2n) is 4.40. The Bertz CT molecular complexity index is 668. The molecule has 2 aromatic carbocycles. The van der Waals surface area contributed by atoms with Gasteiger partial charge in [0, 0.05) is 0 Å². The predicted molar refractivity (Wildman–Crippen MR) is 84.3 cm³/mol. The second kappa shape index (κ2) is 7.03. The number of benzene rings is 2. The first-order valence-electron chi connectivity index (χ1n) is 5.98. The van der Waals surface area contributed by atoms with E-state index in [-0.39, 0.29) is 4.47 Å². The summed E-state index contributed by atoms with van der Waals surface area (Å²) in [6, 6.07) is 7.30. The van der Waals surface area contributed by atoms with E-state index in [4.69, 9.17) is 29.0 Å². The number of hydrogen-bond donors (Lipinski definition) is 2. The Morgan fingerprint density at radius 3 is 2.57 bits per heavy atom. The van der Waals surface area contributed by atoms with Gasteiger partial charge in [-0.05, 0) is 45.6 Å². The molecule has 0 heterocycles. The first-order chi connectivity index (χ1) is 9.95. The quantitative estimate of drug-likeness (QED) is 0.444. The molecule has 0 radical (unpaired) electrons. The van der Waals surface area contributed by atoms with Crippen molar-refractivity contribution in [3.63, 3.8) is 0 Å². The highest BCUT2D eigenvalue weighted by Crippen LogP contribution is 2.32. The van der Waals surface area contributed by atoms with Gasteiger partial charge in [0.25, 0.3) is 0 Å². The van der Waals surface area contributed by atoms with Crippen LogP contribution in [0.2, 0.25) is 10.0 Å². The summed E-state index contributed by atoms with van der Waals surface area (Å²) < 4.78 is 26.8. The molecule has 0 amide bonds. The Labute approximate surface area is 139 Å². The summed E-state index contributed by atoms with van der Waals surface area (Å²) in [5, 5.41) is 0.840. The van der Waals surface area contributed by atoms with Crippen LogP contribution in [0.5, 0.6) is 0 Å². The lowest BCUT2D eigenvalue weighted by Gasteiger charge is -2.19. The second-order valence-corrected chi connectivity index (χ2v) is 5.98. The zero-order chi connectivity index (χ0) is 15.6. The molecule has 1 unspecified atom stereocenters. The molecule has 0 saturated heterocycles. The van der Waals surface area contributed by atoms with Crippen LogP contribution in [0, 0.1) is 11.6 Å². The first-order valence-corrected chi connectivity index (χ1v) is 7.53. The van der Waals surface area contributed by atoms with E-state index >= 15 is 0 Å². The summed E-state index contributed by atoms with van der Waals surface area (Å²) in [4.78, 5) is 0. The van der Waals surface area contributed by atoms with Crippen LogP contribution in [-0.4, -0.2) is 0 Å². The monoisotopic (exact) mass is 394 g/mol. The Balaban J connectivity index is 2.37. The van der Waals surface area contributed by atoms with Crippen molar-refractivity contribution >= 4 is 39.1 Å². The number of hydrazine groups is 1. The molecule has 1 atom stereocenters. The molecule has 112 valence electrons. The highest BCUT2D eigenvalue weighted by molar-refractivity contribution is 9.10. The van der Waals surface area contributed by atoms with E-state index in [0.717, 1.165) is 11.6 Å². The van der Waals surface area contributed by atoms with E-state index in [1.54, 1.807) is 18.2 Å². The van der Waals surface area contributed by atoms with E-state index in [1.807, 2.05) is 0 Å². The third-order valence-corrected chi connectivity index (χ3v) is 4.76. The van der Waals surface area contributed by atoms with Crippen molar-refractivity contribution in [2.45, 2.75) is 12.5 Å². The summed E-state index contributed by atoms with van der Waals surface area (Å²) in [5.74, 6) is 3.65. The van der Waals surface area contributed by atoms with Gasteiger partial charge in [-0.2, -0.15) is 0 Å². The Kier molecular flexibility index (Phi) is 5.57. The van der Waals surface area contributed by atoms with Gasteiger partial charge < -0.3 is 0 Å². The van der Waals surface area contributed by atoms with E-state index in [9.17, 15) is 8.78 Å². The third-order valence-electron chi connectivity index (χ3n) is 3.10. The van der Waals surface area contributed by atoms with Gasteiger partial charge in [-0.3, -0.25) is 11.3 Å². The molecular weight excluding hydrogens is 385 g/mol. The highest BCUT2D eigenvalue weighted by Gasteiger charge is 2.20. The van der Waals surface area contributed by atoms with Gasteiger partial charge in [0.1, 0.15) is 0 Å². The Morgan fingerprint density at radius 2 is 1.90 bits per heavy atom. The normalized spacial score (nSPS) is 12.5. The van der Waals surface area contributed by atoms with Crippen molar-refractivity contribution in [1.82, 2.24) is 5.43 Å². The molecular formula is C14H11BrCl2F2N2. The van der Waals surface area contributed by atoms with E-state index in [2.05, 4.69) is 21.4 Å². The fraction of sp³-hybridized carbons (Fsp3) is 0.143. The fourth-order valence-corrected chi connectivity index (χ4v) is 2.99. The molecule has 0 aliphatic rings. The number of halogens is 5. The predicted octanol–water partition coefficient (Wildman–Crippen LogP) is 4.78. The van der Waals surface area contributed by atoms with Crippen molar-refractivity contribution < 1.29 is 8.78 Å². The minimum Gasteiger partial charge on any atom is -0.271 e. The van der Waals surface area contributed by atoms with Gasteiger partial charge in [-0.1, -0.05) is 41.4 Å². The van der Waals surface area contributed by atoms with Crippen LogP contribution in [0.4, 0.5) is 8.78 Å². The van der Waals surface area contributed by atoms with Gasteiger partial charge in [0.05, 0.1) is 20.6 Å². The Hall–Kier alpha value is -0.720. The third kappa shape index (κ3) is 3.55. The molecule has 0 bridgehead atoms. The summed E-state index contributed by atoms with van der Waals surface area (Å²) in [7, 11) is 0. The number of hydrogen-bond acceptors (Lipinski definition) is 2. The molecule has 2 nitrogen and oxygen atoms in total. The average molecular weight is 396 g/mol. The van der Waals surface area contributed by atoms with Gasteiger partial charge in [0.2, 0.25) is 0 Å². The Morgan fingerprint density at radius 1 is 1.19 bits per heavy atom. The minimum atomic E-state index is -0.954. The lowest BCUT2D eigenvalue weighted by Crippen LogP contribution is -2.30. The molecule has 0 aliphatic carbocycles. The topological polar surface area (TPSA) is 38.0 Å². The summed E-state index contributed by atoms with van der Waals surface area (Å²) in [6.07, 6.45) is 0.375. The van der Waals surface area contributed by atoms with E-state index in [1.165, 1.54) is 6.07 Å². The minimum absolute atomic E-state index is 0.0311. The fourth-order valence-electron chi connectivity index (χ4n) is 1.99. The van der Waals surface area contributed by atoms with E-state index in [0.29, 0.717) is 22.0 Å². The smallest absolute Gasteiger partial charge is 0.173 e. The molecule has 0 spiro atoms. The molecule has 21 heavy (non-hydrogen) atoms. The van der Waals surface area contributed by atoms with Crippen molar-refractivity contribution in [2.75, 3.05) is 0 Å². The van der Waals surface area contributed by atoms with Gasteiger partial charge in [-0.15, -0.1) is 0 Å². The maximum Gasteiger partial charge on any atom is 0.173 e. The van der Waals surface area contributed by atoms with Crippen LogP contribution in [0.1, 0.15) is 17.2 Å². The highest BCUT2D eigenvalue weighted by atomic mass is 79.9. The van der Waals surface area contributed by atoms with Crippen LogP contribution < -0.4 is 11.3 Å². The van der Waals surface area contributed by atoms with Crippen LogP contribution in [-0.2, 0) is 6.42 Å². The van der Waals surface area contributed by atoms with Crippen molar-refractivity contribution in [3.8, 4) is 0 Å². The number of nitrogens with one attached hydrogen (secondary N) is 1. The molecule has 0 saturated carbocycles. The maximum absolute atomic E-state index is 13.6. The van der Waals surface area contributed by atoms with Gasteiger partial charge in [-0.25, -0.2) is 8.78 Å². The molecule has 7 heteroatoms. The van der Waals surface area contributed by atoms with Crippen LogP contribution >= 0.6 is 39.1 Å². The van der Waals surface area contributed by atoms with Gasteiger partial charge in [0.15, 0.2) is 11.6 Å². The summed E-state index contributed by atoms with van der Waals surface area (Å²) in [6.45, 7) is 0. The van der Waals surface area contributed by atoms with Gasteiger partial charge >= 0.3 is 0 Å². The lowest BCUT2D eigenvalue weighted by molar-refractivity contribution is 0.491. The van der Waals surface area contributed by atoms with Crippen LogP contribution in [0.15, 0.2) is 34.8 Å². The maximum atomic E-state index is 13.6. The zero-order valence-corrected chi connectivity index (χ0v) is 13.7. The number of rotatable bonds is 4. The van der Waals surface area contributed by atoms with Crippen LogP contribution in [0.3, 0.4) is 0 Å². The standard InChI is InChI=1S/C14H11BrCl2F2N2/c15-12-8(4-5-10(18)14(12)19)11(21-20)6-7-2-1-3-9(16)13(7)17/h1-5,11,21H,6,20H2. The van der Waals surface area contributed by atoms with Crippen molar-refractivity contribution in [2.24, 2.45) is 5.84 Å². The van der Waals surface area contributed by atoms with Crippen molar-refractivity contribution in [1.29, 1.82) is 0 Å². The molecule has 3 N–H and O–H groups in total.